The summed E-state index contributed by atoms with van der Waals surface area (Å²) in [6, 6.07) is 11.1. The van der Waals surface area contributed by atoms with Crippen molar-refractivity contribution in [1.29, 1.82) is 0 Å². The van der Waals surface area contributed by atoms with Crippen molar-refractivity contribution in [2.45, 2.75) is 26.3 Å². The fourth-order valence-corrected chi connectivity index (χ4v) is 3.32. The summed E-state index contributed by atoms with van der Waals surface area (Å²) in [4.78, 5) is 0. The first-order valence-electron chi connectivity index (χ1n) is 6.94. The molecule has 2 aromatic carbocycles. The minimum absolute atomic E-state index is 0.171. The molecule has 0 radical (unpaired) electrons. The quantitative estimate of drug-likeness (QED) is 0.652. The summed E-state index contributed by atoms with van der Waals surface area (Å²) in [5.74, 6) is -0.186. The molecule has 0 heterocycles. The molecular weight excluding hydrogens is 400 g/mol. The molecule has 21 heavy (non-hydrogen) atoms. The Bertz CT molecular complexity index is 630. The molecule has 0 amide bonds. The molecule has 0 bridgehead atoms. The first-order valence-corrected chi connectivity index (χ1v) is 8.40. The van der Waals surface area contributed by atoms with E-state index >= 15 is 0 Å². The highest BCUT2D eigenvalue weighted by molar-refractivity contribution is 14.1. The van der Waals surface area contributed by atoms with Crippen molar-refractivity contribution in [2.24, 2.45) is 0 Å². The number of halogens is 3. The Morgan fingerprint density at radius 3 is 2.67 bits per heavy atom. The predicted octanol–water partition coefficient (Wildman–Crippen LogP) is 5.29. The van der Waals surface area contributed by atoms with Gasteiger partial charge in [-0.15, -0.1) is 0 Å². The van der Waals surface area contributed by atoms with Crippen molar-refractivity contribution in [2.75, 3.05) is 6.54 Å². The first-order chi connectivity index (χ1) is 10.0. The SMILES string of the molecule is CCNC(Cc1ccc(F)cc1C)c1cc(Cl)ccc1I. The second kappa shape index (κ2) is 7.56. The Morgan fingerprint density at radius 2 is 2.00 bits per heavy atom. The number of rotatable bonds is 5. The van der Waals surface area contributed by atoms with Gasteiger partial charge < -0.3 is 5.32 Å². The minimum Gasteiger partial charge on any atom is -0.310 e. The molecule has 0 fully saturated rings. The second-order valence-corrected chi connectivity index (χ2v) is 6.65. The van der Waals surface area contributed by atoms with Crippen LogP contribution in [0.15, 0.2) is 36.4 Å². The van der Waals surface area contributed by atoms with Crippen LogP contribution in [0.5, 0.6) is 0 Å². The number of likely N-dealkylation sites (N-methyl/N-ethyl adjacent to an activating group) is 1. The summed E-state index contributed by atoms with van der Waals surface area (Å²) in [6.07, 6.45) is 0.816. The Kier molecular flexibility index (Phi) is 6.02. The van der Waals surface area contributed by atoms with E-state index in [0.717, 1.165) is 29.1 Å². The number of nitrogens with one attached hydrogen (secondary N) is 1. The second-order valence-electron chi connectivity index (χ2n) is 5.05. The van der Waals surface area contributed by atoms with E-state index in [9.17, 15) is 4.39 Å². The molecule has 1 nitrogen and oxygen atoms in total. The van der Waals surface area contributed by atoms with E-state index in [1.165, 1.54) is 15.2 Å². The van der Waals surface area contributed by atoms with Crippen LogP contribution in [-0.2, 0) is 6.42 Å². The minimum atomic E-state index is -0.186. The van der Waals surface area contributed by atoms with Crippen molar-refractivity contribution in [1.82, 2.24) is 5.32 Å². The Balaban J connectivity index is 2.32. The van der Waals surface area contributed by atoms with Crippen molar-refractivity contribution >= 4 is 34.2 Å². The van der Waals surface area contributed by atoms with Gasteiger partial charge in [0.2, 0.25) is 0 Å². The zero-order chi connectivity index (χ0) is 15.4. The van der Waals surface area contributed by atoms with Crippen LogP contribution < -0.4 is 5.32 Å². The highest BCUT2D eigenvalue weighted by Gasteiger charge is 2.16. The smallest absolute Gasteiger partial charge is 0.123 e. The molecule has 0 saturated heterocycles. The van der Waals surface area contributed by atoms with Gasteiger partial charge in [-0.1, -0.05) is 24.6 Å². The Morgan fingerprint density at radius 1 is 1.24 bits per heavy atom. The molecule has 2 aromatic rings. The van der Waals surface area contributed by atoms with E-state index in [0.29, 0.717) is 0 Å². The van der Waals surface area contributed by atoms with E-state index in [2.05, 4.69) is 34.8 Å². The van der Waals surface area contributed by atoms with Gasteiger partial charge in [0.15, 0.2) is 0 Å². The van der Waals surface area contributed by atoms with E-state index in [1.54, 1.807) is 6.07 Å². The third-order valence-corrected chi connectivity index (χ3v) is 4.73. The summed E-state index contributed by atoms with van der Waals surface area (Å²) in [5.41, 5.74) is 3.32. The van der Waals surface area contributed by atoms with E-state index in [-0.39, 0.29) is 11.9 Å². The molecule has 4 heteroatoms. The van der Waals surface area contributed by atoms with Gasteiger partial charge in [0.25, 0.3) is 0 Å². The summed E-state index contributed by atoms with van der Waals surface area (Å²) < 4.78 is 14.4. The third-order valence-electron chi connectivity index (χ3n) is 3.51. The van der Waals surface area contributed by atoms with E-state index < -0.39 is 0 Å². The number of benzene rings is 2. The average molecular weight is 418 g/mol. The normalized spacial score (nSPS) is 12.4. The average Bonchev–Trinajstić information content (AvgIpc) is 2.44. The topological polar surface area (TPSA) is 12.0 Å². The van der Waals surface area contributed by atoms with E-state index in [1.807, 2.05) is 31.2 Å². The van der Waals surface area contributed by atoms with Crippen LogP contribution in [-0.4, -0.2) is 6.54 Å². The van der Waals surface area contributed by atoms with Crippen LogP contribution in [0.1, 0.15) is 29.7 Å². The van der Waals surface area contributed by atoms with Gasteiger partial charge >= 0.3 is 0 Å². The van der Waals surface area contributed by atoms with Gasteiger partial charge in [-0.2, -0.15) is 0 Å². The Hall–Kier alpha value is -0.650. The number of hydrogen-bond acceptors (Lipinski definition) is 1. The maximum Gasteiger partial charge on any atom is 0.123 e. The lowest BCUT2D eigenvalue weighted by Crippen LogP contribution is -2.24. The lowest BCUT2D eigenvalue weighted by molar-refractivity contribution is 0.545. The van der Waals surface area contributed by atoms with Gasteiger partial charge in [0, 0.05) is 14.6 Å². The summed E-state index contributed by atoms with van der Waals surface area (Å²) in [5, 5.41) is 4.24. The van der Waals surface area contributed by atoms with Gasteiger partial charge in [-0.05, 0) is 89.5 Å². The number of aryl methyl sites for hydroxylation is 1. The summed E-state index contributed by atoms with van der Waals surface area (Å²) >= 11 is 8.47. The molecular formula is C17H18ClFIN. The molecule has 0 aliphatic rings. The van der Waals surface area contributed by atoms with Gasteiger partial charge in [-0.3, -0.25) is 0 Å². The first kappa shape index (κ1) is 16.7. The van der Waals surface area contributed by atoms with Crippen LogP contribution in [0.4, 0.5) is 4.39 Å². The standard InChI is InChI=1S/C17H18ClFIN/c1-3-21-17(15-10-13(18)5-7-16(15)20)9-12-4-6-14(19)8-11(12)2/h4-8,10,17,21H,3,9H2,1-2H3. The van der Waals surface area contributed by atoms with Crippen molar-refractivity contribution in [3.05, 3.63) is 67.5 Å². The monoisotopic (exact) mass is 417 g/mol. The third kappa shape index (κ3) is 4.41. The highest BCUT2D eigenvalue weighted by atomic mass is 127. The molecule has 1 N–H and O–H groups in total. The molecule has 0 aliphatic carbocycles. The molecule has 0 spiro atoms. The van der Waals surface area contributed by atoms with Crippen LogP contribution in [0.2, 0.25) is 5.02 Å². The molecule has 0 saturated carbocycles. The fraction of sp³-hybridized carbons (Fsp3) is 0.294. The molecule has 1 atom stereocenters. The lowest BCUT2D eigenvalue weighted by atomic mass is 9.96. The van der Waals surface area contributed by atoms with Gasteiger partial charge in [0.05, 0.1) is 0 Å². The summed E-state index contributed by atoms with van der Waals surface area (Å²) in [7, 11) is 0. The number of hydrogen-bond donors (Lipinski definition) is 1. The van der Waals surface area contributed by atoms with Crippen molar-refractivity contribution in [3.8, 4) is 0 Å². The van der Waals surface area contributed by atoms with Gasteiger partial charge in [0.1, 0.15) is 5.82 Å². The lowest BCUT2D eigenvalue weighted by Gasteiger charge is -2.21. The summed E-state index contributed by atoms with van der Waals surface area (Å²) in [6.45, 7) is 4.90. The highest BCUT2D eigenvalue weighted by Crippen LogP contribution is 2.27. The zero-order valence-corrected chi connectivity index (χ0v) is 15.0. The van der Waals surface area contributed by atoms with E-state index in [4.69, 9.17) is 11.6 Å². The van der Waals surface area contributed by atoms with Crippen LogP contribution in [0.25, 0.3) is 0 Å². The molecule has 1 unspecified atom stereocenters. The van der Waals surface area contributed by atoms with Gasteiger partial charge in [-0.25, -0.2) is 4.39 Å². The maximum absolute atomic E-state index is 13.2. The van der Waals surface area contributed by atoms with Crippen molar-refractivity contribution < 1.29 is 4.39 Å². The van der Waals surface area contributed by atoms with Crippen LogP contribution in [0.3, 0.4) is 0 Å². The Labute approximate surface area is 144 Å². The molecule has 0 aliphatic heterocycles. The predicted molar refractivity (Wildman–Crippen MR) is 95.4 cm³/mol. The zero-order valence-electron chi connectivity index (χ0n) is 12.1. The fourth-order valence-electron chi connectivity index (χ4n) is 2.43. The largest absolute Gasteiger partial charge is 0.310 e. The molecule has 0 aromatic heterocycles. The molecule has 2 rings (SSSR count). The van der Waals surface area contributed by atoms with Crippen LogP contribution >= 0.6 is 34.2 Å². The molecule has 112 valence electrons. The maximum atomic E-state index is 13.2. The van der Waals surface area contributed by atoms with Crippen LogP contribution in [0, 0.1) is 16.3 Å². The van der Waals surface area contributed by atoms with Crippen molar-refractivity contribution in [3.63, 3.8) is 0 Å².